The second-order valence-corrected chi connectivity index (χ2v) is 7.70. The molecule has 0 aromatic rings. The molecule has 23 heavy (non-hydrogen) atoms. The van der Waals surface area contributed by atoms with Gasteiger partial charge in [-0.1, -0.05) is 0 Å². The first kappa shape index (κ1) is 16.9. The third-order valence-corrected chi connectivity index (χ3v) is 6.39. The van der Waals surface area contributed by atoms with Gasteiger partial charge in [-0.05, 0) is 38.5 Å². The van der Waals surface area contributed by atoms with Crippen molar-refractivity contribution < 1.29 is 24.5 Å². The lowest BCUT2D eigenvalue weighted by Gasteiger charge is -2.33. The molecule has 5 atom stereocenters. The first-order valence-electron chi connectivity index (χ1n) is 8.31. The van der Waals surface area contributed by atoms with Gasteiger partial charge in [0.2, 0.25) is 0 Å². The van der Waals surface area contributed by atoms with Crippen LogP contribution in [-0.2, 0) is 9.53 Å². The third kappa shape index (κ3) is 3.59. The fourth-order valence-electron chi connectivity index (χ4n) is 3.67. The Labute approximate surface area is 139 Å². The Morgan fingerprint density at radius 1 is 1.48 bits per heavy atom. The number of ether oxygens (including phenoxy) is 1. The Kier molecular flexibility index (Phi) is 5.33. The van der Waals surface area contributed by atoms with E-state index in [1.807, 2.05) is 16.7 Å². The Morgan fingerprint density at radius 2 is 2.30 bits per heavy atom. The molecule has 3 saturated heterocycles. The van der Waals surface area contributed by atoms with Gasteiger partial charge in [0.15, 0.2) is 6.10 Å². The van der Waals surface area contributed by atoms with Gasteiger partial charge in [0.25, 0.3) is 0 Å². The van der Waals surface area contributed by atoms with E-state index in [4.69, 9.17) is 9.84 Å². The van der Waals surface area contributed by atoms with Crippen LogP contribution in [0.4, 0.5) is 4.79 Å². The van der Waals surface area contributed by atoms with Gasteiger partial charge >= 0.3 is 12.0 Å². The van der Waals surface area contributed by atoms with Gasteiger partial charge in [0.1, 0.15) is 6.23 Å². The van der Waals surface area contributed by atoms with Gasteiger partial charge in [-0.15, -0.1) is 0 Å². The van der Waals surface area contributed by atoms with Crippen LogP contribution in [0.1, 0.15) is 38.5 Å². The standard InChI is InChI=1S/C15H24N2O5S/c18-10(14(19)20)4-3-5-11-13-9(8-23-11)17(15(21)16-13)12-6-1-2-7-22-12/h9-13,18H,1-8H2,(H,16,21)(H,19,20)/t9-,10?,11-,12?,13-/m0/s1. The van der Waals surface area contributed by atoms with E-state index in [2.05, 4.69) is 5.32 Å². The molecule has 3 aliphatic rings. The molecule has 2 amide bonds. The molecule has 3 aliphatic heterocycles. The molecule has 0 radical (unpaired) electrons. The average molecular weight is 344 g/mol. The number of carboxylic acid groups (broad SMARTS) is 1. The number of carboxylic acids is 1. The number of thioether (sulfide) groups is 1. The molecule has 7 nitrogen and oxygen atoms in total. The van der Waals surface area contributed by atoms with Gasteiger partial charge in [0, 0.05) is 17.6 Å². The fraction of sp³-hybridized carbons (Fsp3) is 0.867. The summed E-state index contributed by atoms with van der Waals surface area (Å²) in [5.41, 5.74) is 0. The molecular weight excluding hydrogens is 320 g/mol. The van der Waals surface area contributed by atoms with E-state index in [0.717, 1.165) is 38.0 Å². The highest BCUT2D eigenvalue weighted by Crippen LogP contribution is 2.39. The summed E-state index contributed by atoms with van der Waals surface area (Å²) < 4.78 is 5.77. The molecular formula is C15H24N2O5S. The number of aliphatic hydroxyl groups is 1. The first-order valence-corrected chi connectivity index (χ1v) is 9.35. The van der Waals surface area contributed by atoms with Crippen molar-refractivity contribution in [2.24, 2.45) is 0 Å². The topological polar surface area (TPSA) is 99.1 Å². The lowest BCUT2D eigenvalue weighted by Crippen LogP contribution is -2.46. The molecule has 0 aliphatic carbocycles. The van der Waals surface area contributed by atoms with Crippen molar-refractivity contribution in [3.8, 4) is 0 Å². The molecule has 0 saturated carbocycles. The van der Waals surface area contributed by atoms with Crippen LogP contribution in [0.25, 0.3) is 0 Å². The fourth-order valence-corrected chi connectivity index (χ4v) is 5.28. The summed E-state index contributed by atoms with van der Waals surface area (Å²) in [6, 6.07) is 0.216. The monoisotopic (exact) mass is 344 g/mol. The van der Waals surface area contributed by atoms with Crippen molar-refractivity contribution >= 4 is 23.8 Å². The van der Waals surface area contributed by atoms with Crippen LogP contribution in [0.2, 0.25) is 0 Å². The van der Waals surface area contributed by atoms with E-state index < -0.39 is 12.1 Å². The lowest BCUT2D eigenvalue weighted by molar-refractivity contribution is -0.146. The van der Waals surface area contributed by atoms with Crippen LogP contribution in [0.5, 0.6) is 0 Å². The quantitative estimate of drug-likeness (QED) is 0.622. The third-order valence-electron chi connectivity index (χ3n) is 4.90. The molecule has 3 rings (SSSR count). The second-order valence-electron chi connectivity index (χ2n) is 6.43. The highest BCUT2D eigenvalue weighted by molar-refractivity contribution is 8.00. The number of rotatable bonds is 6. The first-order chi connectivity index (χ1) is 11.1. The van der Waals surface area contributed by atoms with Crippen LogP contribution in [0.3, 0.4) is 0 Å². The predicted octanol–water partition coefficient (Wildman–Crippen LogP) is 1.01. The Bertz CT molecular complexity index is 457. The minimum Gasteiger partial charge on any atom is -0.479 e. The number of urea groups is 1. The summed E-state index contributed by atoms with van der Waals surface area (Å²) in [4.78, 5) is 24.8. The summed E-state index contributed by atoms with van der Waals surface area (Å²) in [5.74, 6) is -0.285. The molecule has 0 aromatic carbocycles. The van der Waals surface area contributed by atoms with Crippen molar-refractivity contribution in [3.05, 3.63) is 0 Å². The van der Waals surface area contributed by atoms with Gasteiger partial charge in [0.05, 0.1) is 12.1 Å². The molecule has 3 heterocycles. The van der Waals surface area contributed by atoms with Gasteiger partial charge in [-0.2, -0.15) is 11.8 Å². The summed E-state index contributed by atoms with van der Waals surface area (Å²) >= 11 is 1.82. The Hall–Kier alpha value is -0.990. The summed E-state index contributed by atoms with van der Waals surface area (Å²) in [6.45, 7) is 0.718. The number of nitrogens with zero attached hydrogens (tertiary/aromatic N) is 1. The average Bonchev–Trinajstić information content (AvgIpc) is 3.06. The predicted molar refractivity (Wildman–Crippen MR) is 85.3 cm³/mol. The molecule has 0 spiro atoms. The second kappa shape index (κ2) is 7.27. The SMILES string of the molecule is O=C(O)C(O)CCC[C@@H]1SC[C@H]2[C@@H]1NC(=O)N2C1CCCCO1. The largest absolute Gasteiger partial charge is 0.479 e. The molecule has 0 bridgehead atoms. The van der Waals surface area contributed by atoms with E-state index in [0.29, 0.717) is 6.42 Å². The van der Waals surface area contributed by atoms with E-state index in [-0.39, 0.29) is 36.0 Å². The highest BCUT2D eigenvalue weighted by atomic mass is 32.2. The molecule has 3 fully saturated rings. The Balaban J connectivity index is 1.53. The summed E-state index contributed by atoms with van der Waals surface area (Å²) in [5, 5.41) is 21.4. The number of hydrogen-bond donors (Lipinski definition) is 3. The molecule has 8 heteroatoms. The van der Waals surface area contributed by atoms with Crippen LogP contribution >= 0.6 is 11.8 Å². The highest BCUT2D eigenvalue weighted by Gasteiger charge is 2.50. The van der Waals surface area contributed by atoms with Crippen molar-refractivity contribution in [2.75, 3.05) is 12.4 Å². The normalized spacial score (nSPS) is 35.0. The number of aliphatic carboxylic acids is 1. The van der Waals surface area contributed by atoms with Crippen molar-refractivity contribution in [1.82, 2.24) is 10.2 Å². The smallest absolute Gasteiger partial charge is 0.332 e. The van der Waals surface area contributed by atoms with Gasteiger partial charge < -0.3 is 20.3 Å². The minimum atomic E-state index is -1.29. The summed E-state index contributed by atoms with van der Waals surface area (Å²) in [6.07, 6.45) is 3.36. The van der Waals surface area contributed by atoms with Crippen molar-refractivity contribution in [2.45, 2.75) is 68.2 Å². The summed E-state index contributed by atoms with van der Waals surface area (Å²) in [7, 11) is 0. The number of hydrogen-bond acceptors (Lipinski definition) is 5. The number of fused-ring (bicyclic) bond motifs is 1. The van der Waals surface area contributed by atoms with Crippen LogP contribution < -0.4 is 5.32 Å². The number of carbonyl (C=O) groups excluding carboxylic acids is 1. The zero-order chi connectivity index (χ0) is 16.4. The molecule has 2 unspecified atom stereocenters. The van der Waals surface area contributed by atoms with E-state index in [9.17, 15) is 14.7 Å². The van der Waals surface area contributed by atoms with E-state index in [1.54, 1.807) is 0 Å². The molecule has 0 aromatic heterocycles. The number of carbonyl (C=O) groups is 2. The van der Waals surface area contributed by atoms with E-state index >= 15 is 0 Å². The zero-order valence-corrected chi connectivity index (χ0v) is 13.8. The maximum atomic E-state index is 12.3. The number of aliphatic hydroxyl groups excluding tert-OH is 1. The lowest BCUT2D eigenvalue weighted by atomic mass is 10.0. The molecule has 3 N–H and O–H groups in total. The number of amides is 2. The van der Waals surface area contributed by atoms with Crippen LogP contribution in [-0.4, -0.2) is 69.1 Å². The van der Waals surface area contributed by atoms with Crippen molar-refractivity contribution in [3.63, 3.8) is 0 Å². The maximum absolute atomic E-state index is 12.3. The van der Waals surface area contributed by atoms with Crippen molar-refractivity contribution in [1.29, 1.82) is 0 Å². The zero-order valence-electron chi connectivity index (χ0n) is 13.0. The van der Waals surface area contributed by atoms with Crippen LogP contribution in [0, 0.1) is 0 Å². The maximum Gasteiger partial charge on any atom is 0.332 e. The molecule has 130 valence electrons. The Morgan fingerprint density at radius 3 is 3.00 bits per heavy atom. The van der Waals surface area contributed by atoms with E-state index in [1.165, 1.54) is 0 Å². The van der Waals surface area contributed by atoms with Crippen LogP contribution in [0.15, 0.2) is 0 Å². The van der Waals surface area contributed by atoms with Gasteiger partial charge in [-0.25, -0.2) is 9.59 Å². The van der Waals surface area contributed by atoms with Gasteiger partial charge in [-0.3, -0.25) is 4.90 Å². The number of nitrogens with one attached hydrogen (secondary N) is 1. The minimum absolute atomic E-state index is 0.0391.